The van der Waals surface area contributed by atoms with Crippen molar-refractivity contribution in [1.82, 2.24) is 9.97 Å². The topological polar surface area (TPSA) is 37.8 Å². The zero-order valence-electron chi connectivity index (χ0n) is 8.79. The number of halogens is 1. The number of hydrogen-bond donors (Lipinski definition) is 1. The van der Waals surface area contributed by atoms with Crippen molar-refractivity contribution in [2.45, 2.75) is 33.2 Å². The predicted molar refractivity (Wildman–Crippen MR) is 59.6 cm³/mol. The van der Waals surface area contributed by atoms with Crippen molar-refractivity contribution in [3.05, 3.63) is 17.4 Å². The first-order valence-electron chi connectivity index (χ1n) is 4.82. The van der Waals surface area contributed by atoms with E-state index in [1.165, 1.54) is 0 Å². The summed E-state index contributed by atoms with van der Waals surface area (Å²) in [6.07, 6.45) is 4.30. The van der Waals surface area contributed by atoms with Gasteiger partial charge < -0.3 is 5.32 Å². The van der Waals surface area contributed by atoms with E-state index in [-0.39, 0.29) is 0 Å². The van der Waals surface area contributed by atoms with Crippen molar-refractivity contribution >= 4 is 17.5 Å². The predicted octanol–water partition coefficient (Wildman–Crippen LogP) is 2.98. The Morgan fingerprint density at radius 1 is 1.29 bits per heavy atom. The van der Waals surface area contributed by atoms with Gasteiger partial charge in [-0.2, -0.15) is 0 Å². The van der Waals surface area contributed by atoms with Crippen molar-refractivity contribution in [2.75, 3.05) is 5.32 Å². The minimum Gasteiger partial charge on any atom is -0.352 e. The van der Waals surface area contributed by atoms with Gasteiger partial charge in [-0.25, -0.2) is 9.97 Å². The van der Waals surface area contributed by atoms with Crippen LogP contribution in [-0.2, 0) is 0 Å². The number of aromatic nitrogens is 2. The van der Waals surface area contributed by atoms with Crippen LogP contribution in [0.2, 0.25) is 5.02 Å². The first-order valence-corrected chi connectivity index (χ1v) is 5.20. The second kappa shape index (κ2) is 5.15. The summed E-state index contributed by atoms with van der Waals surface area (Å²) in [6.45, 7) is 6.51. The highest BCUT2D eigenvalue weighted by molar-refractivity contribution is 6.30. The summed E-state index contributed by atoms with van der Waals surface area (Å²) in [7, 11) is 0. The van der Waals surface area contributed by atoms with Gasteiger partial charge in [-0.1, -0.05) is 25.4 Å². The summed E-state index contributed by atoms with van der Waals surface area (Å²) in [6, 6.07) is 0.385. The van der Waals surface area contributed by atoms with Crippen molar-refractivity contribution in [3.63, 3.8) is 0 Å². The second-order valence-corrected chi connectivity index (χ2v) is 4.34. The molecule has 0 saturated heterocycles. The van der Waals surface area contributed by atoms with Gasteiger partial charge in [0.15, 0.2) is 0 Å². The Morgan fingerprint density at radius 2 is 1.86 bits per heavy atom. The van der Waals surface area contributed by atoms with Crippen LogP contribution in [0.1, 0.15) is 27.2 Å². The van der Waals surface area contributed by atoms with E-state index in [2.05, 4.69) is 36.1 Å². The standard InChI is InChI=1S/C10H16ClN3/c1-7(2)4-8(3)14-10-12-5-9(11)6-13-10/h5-8H,4H2,1-3H3,(H,12,13,14). The van der Waals surface area contributed by atoms with Crippen LogP contribution < -0.4 is 5.32 Å². The Bertz CT molecular complexity index is 271. The molecule has 0 amide bonds. The van der Waals surface area contributed by atoms with E-state index in [1.54, 1.807) is 12.4 Å². The highest BCUT2D eigenvalue weighted by Crippen LogP contribution is 2.10. The highest BCUT2D eigenvalue weighted by atomic mass is 35.5. The van der Waals surface area contributed by atoms with Gasteiger partial charge in [-0.15, -0.1) is 0 Å². The fourth-order valence-corrected chi connectivity index (χ4v) is 1.47. The normalized spacial score (nSPS) is 12.9. The molecule has 1 unspecified atom stereocenters. The molecule has 0 spiro atoms. The van der Waals surface area contributed by atoms with E-state index in [0.717, 1.165) is 6.42 Å². The maximum atomic E-state index is 5.68. The van der Waals surface area contributed by atoms with E-state index in [1.807, 2.05) is 0 Å². The summed E-state index contributed by atoms with van der Waals surface area (Å²) in [4.78, 5) is 8.14. The monoisotopic (exact) mass is 213 g/mol. The third-order valence-corrected chi connectivity index (χ3v) is 2.02. The quantitative estimate of drug-likeness (QED) is 0.836. The van der Waals surface area contributed by atoms with Crippen molar-refractivity contribution < 1.29 is 0 Å². The number of anilines is 1. The summed E-state index contributed by atoms with van der Waals surface area (Å²) in [5.41, 5.74) is 0. The molecule has 0 saturated carbocycles. The number of nitrogens with zero attached hydrogens (tertiary/aromatic N) is 2. The Labute approximate surface area is 89.9 Å². The van der Waals surface area contributed by atoms with Crippen LogP contribution >= 0.6 is 11.6 Å². The van der Waals surface area contributed by atoms with Crippen molar-refractivity contribution in [3.8, 4) is 0 Å². The van der Waals surface area contributed by atoms with Crippen LogP contribution in [0.5, 0.6) is 0 Å². The zero-order valence-corrected chi connectivity index (χ0v) is 9.54. The number of nitrogens with one attached hydrogen (secondary N) is 1. The van der Waals surface area contributed by atoms with E-state index in [4.69, 9.17) is 11.6 Å². The summed E-state index contributed by atoms with van der Waals surface area (Å²) in [5.74, 6) is 1.31. The maximum Gasteiger partial charge on any atom is 0.222 e. The van der Waals surface area contributed by atoms with Crippen LogP contribution in [-0.4, -0.2) is 16.0 Å². The second-order valence-electron chi connectivity index (χ2n) is 3.90. The molecule has 1 aromatic rings. The molecular weight excluding hydrogens is 198 g/mol. The largest absolute Gasteiger partial charge is 0.352 e. The van der Waals surface area contributed by atoms with Crippen molar-refractivity contribution in [1.29, 1.82) is 0 Å². The van der Waals surface area contributed by atoms with Gasteiger partial charge in [0.05, 0.1) is 17.4 Å². The molecule has 0 aliphatic rings. The molecule has 0 aromatic carbocycles. The summed E-state index contributed by atoms with van der Waals surface area (Å²) >= 11 is 5.68. The average Bonchev–Trinajstić information content (AvgIpc) is 2.07. The zero-order chi connectivity index (χ0) is 10.6. The lowest BCUT2D eigenvalue weighted by molar-refractivity contribution is 0.537. The number of rotatable bonds is 4. The van der Waals surface area contributed by atoms with Gasteiger partial charge in [0.25, 0.3) is 0 Å². The van der Waals surface area contributed by atoms with Crippen LogP contribution in [0.15, 0.2) is 12.4 Å². The minimum absolute atomic E-state index is 0.385. The lowest BCUT2D eigenvalue weighted by atomic mass is 10.1. The molecule has 1 aromatic heterocycles. The average molecular weight is 214 g/mol. The van der Waals surface area contributed by atoms with E-state index in [0.29, 0.717) is 22.9 Å². The van der Waals surface area contributed by atoms with E-state index >= 15 is 0 Å². The highest BCUT2D eigenvalue weighted by Gasteiger charge is 2.05. The molecule has 0 fully saturated rings. The molecular formula is C10H16ClN3. The van der Waals surface area contributed by atoms with Crippen LogP contribution in [0.3, 0.4) is 0 Å². The van der Waals surface area contributed by atoms with Gasteiger partial charge in [0.1, 0.15) is 0 Å². The molecule has 1 heterocycles. The van der Waals surface area contributed by atoms with Crippen LogP contribution in [0.25, 0.3) is 0 Å². The Kier molecular flexibility index (Phi) is 4.14. The molecule has 0 radical (unpaired) electrons. The van der Waals surface area contributed by atoms with Crippen LogP contribution in [0, 0.1) is 5.92 Å². The molecule has 1 rings (SSSR count). The third kappa shape index (κ3) is 3.92. The fourth-order valence-electron chi connectivity index (χ4n) is 1.37. The van der Waals surface area contributed by atoms with Crippen molar-refractivity contribution in [2.24, 2.45) is 5.92 Å². The molecule has 4 heteroatoms. The Morgan fingerprint density at radius 3 is 2.36 bits per heavy atom. The van der Waals surface area contributed by atoms with Crippen LogP contribution in [0.4, 0.5) is 5.95 Å². The maximum absolute atomic E-state index is 5.68. The van der Waals surface area contributed by atoms with Gasteiger partial charge in [-0.3, -0.25) is 0 Å². The SMILES string of the molecule is CC(C)CC(C)Nc1ncc(Cl)cn1. The van der Waals surface area contributed by atoms with Gasteiger partial charge >= 0.3 is 0 Å². The Hall–Kier alpha value is -0.830. The fraction of sp³-hybridized carbons (Fsp3) is 0.600. The first-order chi connectivity index (χ1) is 6.58. The summed E-state index contributed by atoms with van der Waals surface area (Å²) < 4.78 is 0. The molecule has 1 N–H and O–H groups in total. The van der Waals surface area contributed by atoms with Gasteiger partial charge in [0.2, 0.25) is 5.95 Å². The molecule has 0 aliphatic heterocycles. The van der Waals surface area contributed by atoms with Gasteiger partial charge in [0, 0.05) is 6.04 Å². The summed E-state index contributed by atoms with van der Waals surface area (Å²) in [5, 5.41) is 3.78. The molecule has 3 nitrogen and oxygen atoms in total. The molecule has 1 atom stereocenters. The molecule has 78 valence electrons. The minimum atomic E-state index is 0.385. The lowest BCUT2D eigenvalue weighted by Crippen LogP contribution is -2.18. The van der Waals surface area contributed by atoms with Gasteiger partial charge in [-0.05, 0) is 19.3 Å². The van der Waals surface area contributed by atoms with E-state index in [9.17, 15) is 0 Å². The molecule has 0 bridgehead atoms. The smallest absolute Gasteiger partial charge is 0.222 e. The molecule has 0 aliphatic carbocycles. The lowest BCUT2D eigenvalue weighted by Gasteiger charge is -2.15. The number of hydrogen-bond acceptors (Lipinski definition) is 3. The molecule has 14 heavy (non-hydrogen) atoms. The first kappa shape index (κ1) is 11.2. The Balaban J connectivity index is 2.47. The van der Waals surface area contributed by atoms with E-state index < -0.39 is 0 Å². The third-order valence-electron chi connectivity index (χ3n) is 1.82.